The van der Waals surface area contributed by atoms with Crippen molar-refractivity contribution in [1.29, 1.82) is 0 Å². The first kappa shape index (κ1) is 22.4. The maximum atomic E-state index is 13.4. The molecule has 0 aromatic heterocycles. The lowest BCUT2D eigenvalue weighted by Crippen LogP contribution is -2.26. The first-order valence-electron chi connectivity index (χ1n) is 10.0. The van der Waals surface area contributed by atoms with Crippen molar-refractivity contribution in [2.24, 2.45) is 0 Å². The van der Waals surface area contributed by atoms with Crippen LogP contribution in [0.2, 0.25) is 0 Å². The Morgan fingerprint density at radius 1 is 0.806 bits per heavy atom. The number of anilines is 1. The molecule has 6 heteroatoms. The van der Waals surface area contributed by atoms with E-state index in [0.717, 1.165) is 23.1 Å². The Hall–Kier alpha value is -3.25. The van der Waals surface area contributed by atoms with E-state index in [1.54, 1.807) is 29.2 Å². The van der Waals surface area contributed by atoms with Crippen molar-refractivity contribution in [3.63, 3.8) is 0 Å². The lowest BCUT2D eigenvalue weighted by molar-refractivity contribution is -0.112. The molecule has 3 aromatic rings. The fourth-order valence-electron chi connectivity index (χ4n) is 3.44. The minimum Gasteiger partial charge on any atom is -0.304 e. The van der Waals surface area contributed by atoms with Crippen LogP contribution in [0.5, 0.6) is 0 Å². The van der Waals surface area contributed by atoms with Crippen LogP contribution >= 0.6 is 0 Å². The minimum atomic E-state index is -3.31. The van der Waals surface area contributed by atoms with Crippen molar-refractivity contribution in [1.82, 2.24) is 0 Å². The van der Waals surface area contributed by atoms with E-state index in [2.05, 4.69) is 0 Å². The van der Waals surface area contributed by atoms with E-state index in [-0.39, 0.29) is 16.6 Å². The van der Waals surface area contributed by atoms with Gasteiger partial charge in [0.15, 0.2) is 9.84 Å². The summed E-state index contributed by atoms with van der Waals surface area (Å²) in [7, 11) is -3.31. The van der Waals surface area contributed by atoms with Crippen LogP contribution in [0.25, 0.3) is 11.1 Å². The maximum absolute atomic E-state index is 13.4. The Kier molecular flexibility index (Phi) is 6.71. The molecule has 0 unspecified atom stereocenters. The molecule has 1 heterocycles. The van der Waals surface area contributed by atoms with Crippen LogP contribution in [-0.2, 0) is 14.6 Å². The number of nitrogens with zero attached hydrogens (tertiary/aromatic N) is 1. The van der Waals surface area contributed by atoms with Crippen molar-refractivity contribution in [2.75, 3.05) is 17.7 Å². The summed E-state index contributed by atoms with van der Waals surface area (Å²) in [5.41, 5.74) is 3.40. The number of carbonyl (C=O) groups is 1. The zero-order chi connectivity index (χ0) is 22.6. The number of sulfone groups is 1. The van der Waals surface area contributed by atoms with E-state index >= 15 is 0 Å². The fraction of sp³-hybridized carbons (Fsp3) is 0.160. The molecule has 1 aliphatic rings. The Balaban J connectivity index is 0.00000132. The molecule has 0 spiro atoms. The average Bonchev–Trinajstić information content (AvgIpc) is 3.13. The highest BCUT2D eigenvalue weighted by molar-refractivity contribution is 7.90. The highest BCUT2D eigenvalue weighted by Crippen LogP contribution is 2.37. The van der Waals surface area contributed by atoms with Crippen LogP contribution in [0.1, 0.15) is 25.0 Å². The van der Waals surface area contributed by atoms with Gasteiger partial charge in [0.05, 0.1) is 17.0 Å². The SMILES string of the molecule is CC.CS(=O)(=O)c1ccc(C2=C(c3ccc(F)cc3)C(=O)N(c3ccccc3)C2)cc1. The molecule has 0 atom stereocenters. The molecule has 0 N–H and O–H groups in total. The van der Waals surface area contributed by atoms with E-state index in [9.17, 15) is 17.6 Å². The van der Waals surface area contributed by atoms with Gasteiger partial charge < -0.3 is 4.90 Å². The molecule has 1 aliphatic heterocycles. The summed E-state index contributed by atoms with van der Waals surface area (Å²) in [6, 6.07) is 21.6. The van der Waals surface area contributed by atoms with Gasteiger partial charge in [-0.05, 0) is 53.1 Å². The molecule has 31 heavy (non-hydrogen) atoms. The number of hydrogen-bond donors (Lipinski definition) is 0. The first-order valence-corrected chi connectivity index (χ1v) is 11.9. The Bertz CT molecular complexity index is 1200. The van der Waals surface area contributed by atoms with E-state index in [0.29, 0.717) is 17.7 Å². The smallest absolute Gasteiger partial charge is 0.259 e. The Morgan fingerprint density at radius 2 is 1.35 bits per heavy atom. The van der Waals surface area contributed by atoms with Crippen LogP contribution < -0.4 is 4.90 Å². The molecule has 0 fully saturated rings. The summed E-state index contributed by atoms with van der Waals surface area (Å²) >= 11 is 0. The summed E-state index contributed by atoms with van der Waals surface area (Å²) in [5, 5.41) is 0. The molecule has 160 valence electrons. The third-order valence-corrected chi connectivity index (χ3v) is 6.04. The maximum Gasteiger partial charge on any atom is 0.259 e. The van der Waals surface area contributed by atoms with Gasteiger partial charge in [0.25, 0.3) is 5.91 Å². The van der Waals surface area contributed by atoms with Gasteiger partial charge in [-0.3, -0.25) is 4.79 Å². The zero-order valence-electron chi connectivity index (χ0n) is 17.7. The van der Waals surface area contributed by atoms with Crippen molar-refractivity contribution < 1.29 is 17.6 Å². The highest BCUT2D eigenvalue weighted by atomic mass is 32.2. The van der Waals surface area contributed by atoms with E-state index < -0.39 is 9.84 Å². The molecule has 0 saturated heterocycles. The number of rotatable bonds is 4. The van der Waals surface area contributed by atoms with E-state index in [4.69, 9.17) is 0 Å². The van der Waals surface area contributed by atoms with E-state index in [1.807, 2.05) is 44.2 Å². The van der Waals surface area contributed by atoms with E-state index in [1.165, 1.54) is 24.3 Å². The lowest BCUT2D eigenvalue weighted by atomic mass is 9.97. The standard InChI is InChI=1S/C23H18FNO3S.C2H6/c1-29(27,28)20-13-9-16(10-14-20)21-15-25(19-5-3-2-4-6-19)23(26)22(21)17-7-11-18(24)12-8-17;1-2/h2-14H,15H2,1H3;1-2H3. The van der Waals surface area contributed by atoms with Crippen LogP contribution in [0.15, 0.2) is 83.8 Å². The largest absolute Gasteiger partial charge is 0.304 e. The third-order valence-electron chi connectivity index (χ3n) is 4.91. The lowest BCUT2D eigenvalue weighted by Gasteiger charge is -2.17. The second-order valence-electron chi connectivity index (χ2n) is 6.88. The van der Waals surface area contributed by atoms with Gasteiger partial charge in [-0.15, -0.1) is 0 Å². The number of benzene rings is 3. The third kappa shape index (κ3) is 4.75. The predicted molar refractivity (Wildman–Crippen MR) is 123 cm³/mol. The summed E-state index contributed by atoms with van der Waals surface area (Å²) in [6.07, 6.45) is 1.15. The number of halogens is 1. The van der Waals surface area contributed by atoms with Crippen molar-refractivity contribution >= 4 is 32.6 Å². The van der Waals surface area contributed by atoms with Gasteiger partial charge in [0.1, 0.15) is 5.82 Å². The molecular formula is C25H24FNO3S. The Morgan fingerprint density at radius 3 is 1.90 bits per heavy atom. The Labute approximate surface area is 182 Å². The van der Waals surface area contributed by atoms with Gasteiger partial charge in [-0.2, -0.15) is 0 Å². The molecule has 4 rings (SSSR count). The van der Waals surface area contributed by atoms with Gasteiger partial charge in [0.2, 0.25) is 0 Å². The molecule has 0 saturated carbocycles. The van der Waals surface area contributed by atoms with Gasteiger partial charge in [0, 0.05) is 11.9 Å². The molecule has 0 radical (unpaired) electrons. The van der Waals surface area contributed by atoms with Crippen LogP contribution in [-0.4, -0.2) is 27.1 Å². The minimum absolute atomic E-state index is 0.176. The van der Waals surface area contributed by atoms with Gasteiger partial charge in [-0.25, -0.2) is 12.8 Å². The monoisotopic (exact) mass is 437 g/mol. The molecule has 4 nitrogen and oxygen atoms in total. The second kappa shape index (κ2) is 9.27. The summed E-state index contributed by atoms with van der Waals surface area (Å²) in [5.74, 6) is -0.552. The molecule has 0 aliphatic carbocycles. The van der Waals surface area contributed by atoms with Crippen LogP contribution in [0.4, 0.5) is 10.1 Å². The fourth-order valence-corrected chi connectivity index (χ4v) is 4.07. The summed E-state index contributed by atoms with van der Waals surface area (Å²) in [4.78, 5) is 15.2. The van der Waals surface area contributed by atoms with Crippen LogP contribution in [0.3, 0.4) is 0 Å². The van der Waals surface area contributed by atoms with Gasteiger partial charge >= 0.3 is 0 Å². The van der Waals surface area contributed by atoms with Crippen molar-refractivity contribution in [2.45, 2.75) is 18.7 Å². The predicted octanol–water partition coefficient (Wildman–Crippen LogP) is 5.21. The number of para-hydroxylation sites is 1. The topological polar surface area (TPSA) is 54.5 Å². The van der Waals surface area contributed by atoms with Gasteiger partial charge in [-0.1, -0.05) is 56.3 Å². The quantitative estimate of drug-likeness (QED) is 0.563. The van der Waals surface area contributed by atoms with Crippen molar-refractivity contribution in [3.8, 4) is 0 Å². The van der Waals surface area contributed by atoms with Crippen LogP contribution in [0, 0.1) is 5.82 Å². The molecular weight excluding hydrogens is 413 g/mol. The zero-order valence-corrected chi connectivity index (χ0v) is 18.5. The average molecular weight is 438 g/mol. The second-order valence-corrected chi connectivity index (χ2v) is 8.90. The molecule has 3 aromatic carbocycles. The number of carbonyl (C=O) groups excluding carboxylic acids is 1. The number of amides is 1. The summed E-state index contributed by atoms with van der Waals surface area (Å²) < 4.78 is 36.9. The first-order chi connectivity index (χ1) is 14.8. The molecule has 1 amide bonds. The van der Waals surface area contributed by atoms with Crippen molar-refractivity contribution in [3.05, 3.63) is 95.8 Å². The molecule has 0 bridgehead atoms. The summed E-state index contributed by atoms with van der Waals surface area (Å²) in [6.45, 7) is 4.34. The normalized spacial score (nSPS) is 13.8. The number of hydrogen-bond acceptors (Lipinski definition) is 3. The highest BCUT2D eigenvalue weighted by Gasteiger charge is 2.33.